The average Bonchev–Trinajstić information content (AvgIpc) is 1.69. The molecule has 5 aromatic heterocycles. The van der Waals surface area contributed by atoms with Gasteiger partial charge in [-0.15, -0.1) is 56.7 Å². The molecule has 5 aliphatic carbocycles. The van der Waals surface area contributed by atoms with Crippen molar-refractivity contribution < 1.29 is 67.1 Å². The second-order valence-electron chi connectivity index (χ2n) is 36.8. The Kier molecular flexibility index (Phi) is 44.5. The number of carbonyl (C=O) groups excluding carboxylic acids is 5. The van der Waals surface area contributed by atoms with Gasteiger partial charge >= 0.3 is 0 Å². The van der Waals surface area contributed by atoms with Crippen LogP contribution in [0, 0.1) is 71.7 Å². The number of amides is 5. The molecule has 0 saturated carbocycles. The van der Waals surface area contributed by atoms with E-state index in [1.54, 1.807) is 62.4 Å². The molecule has 782 valence electrons. The number of aryl methyl sites for hydroxylation is 7. The van der Waals surface area contributed by atoms with E-state index in [2.05, 4.69) is 76.8 Å². The smallest absolute Gasteiger partial charge is 0.248 e. The molecule has 0 bridgehead atoms. The Morgan fingerprint density at radius 2 is 0.537 bits per heavy atom. The first kappa shape index (κ1) is 116. The van der Waals surface area contributed by atoms with E-state index in [1.165, 1.54) is 93.1 Å². The summed E-state index contributed by atoms with van der Waals surface area (Å²) >= 11 is 24.6. The maximum Gasteiger partial charge on any atom is 0.248 e. The van der Waals surface area contributed by atoms with E-state index in [0.717, 1.165) is 161 Å². The zero-order valence-corrected chi connectivity index (χ0v) is 91.4. The van der Waals surface area contributed by atoms with Gasteiger partial charge < -0.3 is 77.4 Å². The third kappa shape index (κ3) is 33.1. The van der Waals surface area contributed by atoms with Gasteiger partial charge in [0.1, 0.15) is 48.3 Å². The number of nitrogens with one attached hydrogen (secondary N) is 7. The van der Waals surface area contributed by atoms with Crippen molar-refractivity contribution in [2.75, 3.05) is 89.1 Å². The second kappa shape index (κ2) is 56.2. The predicted molar refractivity (Wildman–Crippen MR) is 585 cm³/mol. The number of nitrogens with zero attached hydrogens (tertiary/aromatic N) is 8. The van der Waals surface area contributed by atoms with E-state index < -0.39 is 11.6 Å². The van der Waals surface area contributed by atoms with Crippen LogP contribution in [-0.4, -0.2) is 184 Å². The van der Waals surface area contributed by atoms with Crippen LogP contribution in [0.25, 0.3) is 27.9 Å². The van der Waals surface area contributed by atoms with Gasteiger partial charge in [0.2, 0.25) is 29.5 Å². The lowest BCUT2D eigenvalue weighted by Gasteiger charge is -2.19. The fraction of sp³-hybridized carbons (Fsp3) is 0.364. The van der Waals surface area contributed by atoms with Crippen LogP contribution < -0.4 is 37.2 Å². The Labute approximate surface area is 892 Å². The number of rotatable bonds is 40. The summed E-state index contributed by atoms with van der Waals surface area (Å²) in [5, 5.41) is 73.9. The van der Waals surface area contributed by atoms with Gasteiger partial charge in [0, 0.05) is 65.0 Å². The van der Waals surface area contributed by atoms with Gasteiger partial charge in [-0.1, -0.05) is 144 Å². The first-order chi connectivity index (χ1) is 70.3. The first-order valence-corrected chi connectivity index (χ1v) is 53.3. The maximum absolute atomic E-state index is 13.9. The largest absolute Gasteiger partial charge is 0.391 e. The Bertz CT molecular complexity index is 6370. The summed E-state index contributed by atoms with van der Waals surface area (Å²) in [4.78, 5) is 97.6. The number of allylic oxidation sites excluding steroid dienone is 15. The highest BCUT2D eigenvalue weighted by Crippen LogP contribution is 2.40. The third-order valence-corrected chi connectivity index (χ3v) is 32.1. The van der Waals surface area contributed by atoms with Crippen molar-refractivity contribution >= 4 is 149 Å². The molecule has 5 unspecified atom stereocenters. The summed E-state index contributed by atoms with van der Waals surface area (Å²) < 4.78 is 55.3. The van der Waals surface area contributed by atoms with Crippen LogP contribution in [-0.2, 0) is 57.0 Å². The molecule has 5 aromatic carbocycles. The van der Waals surface area contributed by atoms with Crippen LogP contribution in [0.2, 0.25) is 15.1 Å². The average molecular weight is 2160 g/mol. The van der Waals surface area contributed by atoms with Crippen molar-refractivity contribution in [1.82, 2.24) is 76.8 Å². The lowest BCUT2D eigenvalue weighted by atomic mass is 10.0. The lowest BCUT2D eigenvalue weighted by molar-refractivity contribution is -0.119. The monoisotopic (exact) mass is 2160 g/mol. The van der Waals surface area contributed by atoms with E-state index in [9.17, 15) is 67.1 Å². The number of halogens is 7. The zero-order chi connectivity index (χ0) is 107. The van der Waals surface area contributed by atoms with E-state index in [0.29, 0.717) is 114 Å². The molecule has 0 spiro atoms. The van der Waals surface area contributed by atoms with Gasteiger partial charge in [-0.3, -0.25) is 24.0 Å². The molecule has 0 radical (unpaired) electrons. The van der Waals surface area contributed by atoms with E-state index >= 15 is 0 Å². The molecule has 0 fully saturated rings. The normalized spacial score (nSPS) is 14.6. The Morgan fingerprint density at radius 1 is 0.320 bits per heavy atom. The molecule has 15 rings (SSSR count). The number of benzene rings is 5. The summed E-state index contributed by atoms with van der Waals surface area (Å²) in [6, 6.07) is 26.1. The summed E-state index contributed by atoms with van der Waals surface area (Å²) in [5.74, 6) is -2.15. The van der Waals surface area contributed by atoms with Crippen LogP contribution in [0.1, 0.15) is 211 Å². The highest BCUT2D eigenvalue weighted by Gasteiger charge is 2.32. The van der Waals surface area contributed by atoms with Gasteiger partial charge in [0.05, 0.1) is 126 Å². The number of aliphatic hydroxyl groups excluding tert-OH is 5. The fourth-order valence-electron chi connectivity index (χ4n) is 16.0. The molecular weight excluding hydrogens is 2030 g/mol. The molecule has 147 heavy (non-hydrogen) atoms. The van der Waals surface area contributed by atoms with Crippen molar-refractivity contribution in [2.45, 2.75) is 176 Å². The van der Waals surface area contributed by atoms with Crippen molar-refractivity contribution in [3.63, 3.8) is 0 Å². The molecule has 5 amide bonds. The fourth-order valence-corrected chi connectivity index (χ4v) is 21.5. The highest BCUT2D eigenvalue weighted by atomic mass is 35.5. The number of carbonyl (C=O) groups is 5. The predicted octanol–water partition coefficient (Wildman–Crippen LogP) is 19.8. The van der Waals surface area contributed by atoms with Gasteiger partial charge in [0.25, 0.3) is 0 Å². The molecule has 0 aliphatic heterocycles. The summed E-state index contributed by atoms with van der Waals surface area (Å²) in [6.07, 6.45) is 24.3. The number of hydrogen-bond acceptors (Lipinski definition) is 25. The minimum absolute atomic E-state index is 0.0304. The van der Waals surface area contributed by atoms with Crippen molar-refractivity contribution in [1.29, 1.82) is 0 Å². The number of aromatic nitrogens is 5. The quantitative estimate of drug-likeness (QED) is 0.0159. The SMILES string of the molecule is CNCCC(NC(=O)C1=CC=C(c2ccc(C)c(F)c2)C1)c1nc(C)c(CO)s1.CNCCC(NC(=O)C1=CC=C(c2ccc(Cl)c(F)c2)C1)c1nc(C)c(CO)s1.Cc1ccc(C2=CC=C(C(=O)NC(CCN(C)C)c3nc(C)c(CO)s3)C2)cc1F.Cc1nc(C(CCN(C)C)NC(=O)C2=CC=C(c3ccc(Cl)c(F)c3)C2)sc1CO.Cc1nc(C(CCN(C)C)NC(=O)C2=CC=C(c3ccc(Cl)cc3)C2)sc1CO. The zero-order valence-electron chi connectivity index (χ0n) is 85.1. The van der Waals surface area contributed by atoms with Crippen LogP contribution in [0.3, 0.4) is 0 Å². The highest BCUT2D eigenvalue weighted by molar-refractivity contribution is 7.13. The second-order valence-corrected chi connectivity index (χ2v) is 43.6. The van der Waals surface area contributed by atoms with Crippen molar-refractivity contribution in [3.05, 3.63) is 341 Å². The Balaban J connectivity index is 0.000000175. The molecule has 25 nitrogen and oxygen atoms in total. The van der Waals surface area contributed by atoms with Gasteiger partial charge in [-0.25, -0.2) is 42.5 Å². The number of aliphatic hydroxyl groups is 5. The van der Waals surface area contributed by atoms with Crippen LogP contribution in [0.15, 0.2) is 186 Å². The number of thiazole rings is 5. The lowest BCUT2D eigenvalue weighted by Crippen LogP contribution is -2.31. The molecule has 37 heteroatoms. The minimum Gasteiger partial charge on any atom is -0.391 e. The molecule has 5 heterocycles. The minimum atomic E-state index is -0.478. The molecule has 0 saturated heterocycles. The Morgan fingerprint density at radius 3 is 0.748 bits per heavy atom. The van der Waals surface area contributed by atoms with Gasteiger partial charge in [0.15, 0.2) is 0 Å². The first-order valence-electron chi connectivity index (χ1n) is 48.1. The molecule has 5 aliphatic rings. The van der Waals surface area contributed by atoms with E-state index in [1.807, 2.05) is 164 Å². The molecule has 12 N–H and O–H groups in total. The molecular formula is C110H128Cl3F4N15O10S5. The summed E-state index contributed by atoms with van der Waals surface area (Å²) in [6.45, 7) is 16.4. The maximum atomic E-state index is 13.9. The van der Waals surface area contributed by atoms with Crippen LogP contribution >= 0.6 is 91.5 Å². The Hall–Kier alpha value is -10.8. The summed E-state index contributed by atoms with van der Waals surface area (Å²) in [7, 11) is 15.7. The topological polar surface area (TPSA) is 345 Å². The number of hydrogen-bond donors (Lipinski definition) is 12. The van der Waals surface area contributed by atoms with Gasteiger partial charge in [-0.2, -0.15) is 0 Å². The van der Waals surface area contributed by atoms with Gasteiger partial charge in [-0.05, 0) is 285 Å². The molecule has 10 aromatic rings. The third-order valence-electron chi connectivity index (χ3n) is 24.9. The summed E-state index contributed by atoms with van der Waals surface area (Å²) in [5.41, 5.74) is 17.2. The van der Waals surface area contributed by atoms with Crippen molar-refractivity contribution in [2.24, 2.45) is 0 Å². The standard InChI is InChI=1S/C23H28FN3O2S.C22H25ClFN3O2S.C22H26ClN3O2S.C22H26FN3O2S.C21H23ClFN3O2S/c1-14-5-6-17(12-19(14)24)16-7-8-18(11-16)22(29)26-20(9-10-27(3)4)23-25-15(2)21(13-28)30-23;1-13-20(12-28)30-22(25-13)19(8-9-27(2)3)26-21(29)16-5-4-14(10-16)15-6-7-17(23)18(24)11-15;1-14-20(13-27)29-22(24-14)19(10-11-26(2)3)25-21(28)17-5-4-16(12-17)15-6-8-18(23)9-7-15;1-13-4-5-16(11-18(13)23)15-6-7-17(10-15)21(28)26-19(8-9-24-3)22-25-14(2)20(12-27)29-22;1-12-19(11-27)29-21(25-12)18(7-8-24-2)26-20(28)15-4-3-13(9-15)14-5-6-16(22)17(23)10-14/h5-8,12,20,28H,9-11,13H2,1-4H3,(H,26,29);4-7,11,19,28H,8-10,12H2,1-3H3,(H,26,29);4-9,19,27H,10-13H2,1-3H3,(H,25,28);4-7,11,19,24,27H,8-10,12H2,1-3H3,(H,26,28);3-6,10,18,24,27H,7-9,11H2,1-2H3,(H,26,28). The van der Waals surface area contributed by atoms with E-state index in [-0.39, 0.29) is 114 Å². The molecule has 5 atom stereocenters. The van der Waals surface area contributed by atoms with Crippen LogP contribution in [0.5, 0.6) is 0 Å². The van der Waals surface area contributed by atoms with Crippen molar-refractivity contribution in [3.8, 4) is 0 Å². The van der Waals surface area contributed by atoms with E-state index in [4.69, 9.17) is 34.8 Å². The van der Waals surface area contributed by atoms with Crippen LogP contribution in [0.4, 0.5) is 17.6 Å².